The van der Waals surface area contributed by atoms with Gasteiger partial charge in [0.15, 0.2) is 0 Å². The Morgan fingerprint density at radius 3 is 2.30 bits per heavy atom. The van der Waals surface area contributed by atoms with Crippen molar-refractivity contribution in [1.29, 1.82) is 0 Å². The molecule has 4 rings (SSSR count). The first-order valence-corrected chi connectivity index (χ1v) is 14.8. The zero-order valence-corrected chi connectivity index (χ0v) is 23.2. The third-order valence-electron chi connectivity index (χ3n) is 6.58. The average molecular weight is 540 g/mol. The van der Waals surface area contributed by atoms with Crippen LogP contribution in [0.5, 0.6) is 0 Å². The fourth-order valence-electron chi connectivity index (χ4n) is 4.89. The Bertz CT molecular complexity index is 1350. The third-order valence-corrected chi connectivity index (χ3v) is 9.59. The van der Waals surface area contributed by atoms with Gasteiger partial charge < -0.3 is 10.2 Å². The number of sulfonamides is 1. The van der Waals surface area contributed by atoms with Crippen LogP contribution in [0.1, 0.15) is 60.5 Å². The average Bonchev–Trinajstić information content (AvgIpc) is 3.41. The number of thiophene rings is 1. The van der Waals surface area contributed by atoms with Gasteiger partial charge in [-0.05, 0) is 53.3 Å². The molecule has 7 nitrogen and oxygen atoms in total. The maximum Gasteiger partial charge on any atom is 0.254 e. The predicted octanol–water partition coefficient (Wildman–Crippen LogP) is 5.35. The van der Waals surface area contributed by atoms with Crippen LogP contribution in [0.2, 0.25) is 0 Å². The molecule has 1 N–H and O–H groups in total. The third kappa shape index (κ3) is 5.35. The molecule has 0 saturated carbocycles. The van der Waals surface area contributed by atoms with Crippen LogP contribution in [0, 0.1) is 5.92 Å². The molecule has 0 spiro atoms. The molecule has 2 heterocycles. The lowest BCUT2D eigenvalue weighted by atomic mass is 9.81. The lowest BCUT2D eigenvalue weighted by molar-refractivity contribution is -0.119. The van der Waals surface area contributed by atoms with E-state index in [2.05, 4.69) is 19.2 Å². The van der Waals surface area contributed by atoms with Gasteiger partial charge in [0.2, 0.25) is 15.9 Å². The second-order valence-corrected chi connectivity index (χ2v) is 12.4. The second-order valence-electron chi connectivity index (χ2n) is 9.48. The summed E-state index contributed by atoms with van der Waals surface area (Å²) in [5.74, 6) is -0.713. The van der Waals surface area contributed by atoms with Crippen LogP contribution in [0.4, 0.5) is 5.69 Å². The lowest BCUT2D eigenvalue weighted by Gasteiger charge is -2.42. The van der Waals surface area contributed by atoms with E-state index in [1.165, 1.54) is 27.8 Å². The van der Waals surface area contributed by atoms with Crippen LogP contribution in [-0.4, -0.2) is 49.1 Å². The van der Waals surface area contributed by atoms with E-state index in [1.54, 1.807) is 32.0 Å². The number of fused-ring (bicyclic) bond motifs is 1. The molecule has 0 fully saturated rings. The van der Waals surface area contributed by atoms with E-state index < -0.39 is 22.0 Å². The minimum Gasteiger partial charge on any atom is -0.329 e. The molecular formula is C28H33N3O4S2. The number of carbonyl (C=O) groups excluding carboxylic acids is 2. The van der Waals surface area contributed by atoms with Crippen molar-refractivity contribution in [2.45, 2.75) is 44.6 Å². The van der Waals surface area contributed by atoms with Gasteiger partial charge in [-0.15, -0.1) is 11.3 Å². The van der Waals surface area contributed by atoms with Crippen molar-refractivity contribution < 1.29 is 18.0 Å². The highest BCUT2D eigenvalue weighted by atomic mass is 32.2. The maximum absolute atomic E-state index is 13.9. The molecule has 2 unspecified atom stereocenters. The first-order valence-electron chi connectivity index (χ1n) is 12.5. The smallest absolute Gasteiger partial charge is 0.254 e. The number of anilines is 1. The number of benzene rings is 2. The summed E-state index contributed by atoms with van der Waals surface area (Å²) in [6, 6.07) is 17.0. The molecule has 3 aromatic rings. The number of nitrogens with one attached hydrogen (secondary N) is 1. The Kier molecular flexibility index (Phi) is 8.16. The minimum absolute atomic E-state index is 0.0716. The molecule has 196 valence electrons. The van der Waals surface area contributed by atoms with Gasteiger partial charge in [0.25, 0.3) is 5.91 Å². The largest absolute Gasteiger partial charge is 0.329 e. The zero-order valence-electron chi connectivity index (χ0n) is 21.5. The van der Waals surface area contributed by atoms with Gasteiger partial charge in [-0.25, -0.2) is 8.42 Å². The first kappa shape index (κ1) is 27.0. The molecule has 2 atom stereocenters. The summed E-state index contributed by atoms with van der Waals surface area (Å²) in [6.45, 7) is 9.01. The van der Waals surface area contributed by atoms with Gasteiger partial charge in [-0.1, -0.05) is 52.0 Å². The molecule has 1 aliphatic rings. The molecular weight excluding hydrogens is 506 g/mol. The highest BCUT2D eigenvalue weighted by Crippen LogP contribution is 2.45. The topological polar surface area (TPSA) is 86.8 Å². The van der Waals surface area contributed by atoms with Gasteiger partial charge in [0.1, 0.15) is 0 Å². The summed E-state index contributed by atoms with van der Waals surface area (Å²) in [5.41, 5.74) is 1.74. The molecule has 2 amide bonds. The van der Waals surface area contributed by atoms with Gasteiger partial charge in [0.05, 0.1) is 16.9 Å². The van der Waals surface area contributed by atoms with Crippen LogP contribution in [-0.2, 0) is 14.8 Å². The van der Waals surface area contributed by atoms with E-state index in [-0.39, 0.29) is 22.6 Å². The summed E-state index contributed by atoms with van der Waals surface area (Å²) in [6.07, 6.45) is 0. The minimum atomic E-state index is -3.59. The zero-order chi connectivity index (χ0) is 26.7. The summed E-state index contributed by atoms with van der Waals surface area (Å²) >= 11 is 1.53. The van der Waals surface area contributed by atoms with Crippen LogP contribution < -0.4 is 5.32 Å². The summed E-state index contributed by atoms with van der Waals surface area (Å²) in [7, 11) is -3.59. The maximum atomic E-state index is 13.9. The standard InChI is InChI=1S/C28H33N3O4S2/c1-5-30(6-2)37(34,35)21-15-13-20(14-16-21)29-27(32)25-22-10-7-8-11-23(22)28(33)31(18-19(3)4)26(25)24-12-9-17-36-24/h7-17,19,25-26H,5-6,18H2,1-4H3,(H,29,32). The van der Waals surface area contributed by atoms with Gasteiger partial charge in [-0.3, -0.25) is 9.59 Å². The Morgan fingerprint density at radius 1 is 1.03 bits per heavy atom. The van der Waals surface area contributed by atoms with E-state index in [0.717, 1.165) is 4.88 Å². The number of amides is 2. The van der Waals surface area contributed by atoms with Gasteiger partial charge in [-0.2, -0.15) is 4.31 Å². The van der Waals surface area contributed by atoms with Crippen LogP contribution in [0.15, 0.2) is 70.9 Å². The number of nitrogens with zero attached hydrogens (tertiary/aromatic N) is 2. The number of carbonyl (C=O) groups is 2. The molecule has 37 heavy (non-hydrogen) atoms. The van der Waals surface area contributed by atoms with E-state index in [9.17, 15) is 18.0 Å². The Balaban J connectivity index is 1.70. The van der Waals surface area contributed by atoms with Crippen molar-refractivity contribution in [2.75, 3.05) is 25.0 Å². The van der Waals surface area contributed by atoms with E-state index in [4.69, 9.17) is 0 Å². The van der Waals surface area contributed by atoms with E-state index >= 15 is 0 Å². The second kappa shape index (κ2) is 11.2. The Labute approximate surface area is 223 Å². The van der Waals surface area contributed by atoms with E-state index in [0.29, 0.717) is 36.4 Å². The molecule has 0 bridgehead atoms. The molecule has 9 heteroatoms. The predicted molar refractivity (Wildman–Crippen MR) is 147 cm³/mol. The molecule has 0 radical (unpaired) electrons. The van der Waals surface area contributed by atoms with Crippen molar-refractivity contribution in [2.24, 2.45) is 5.92 Å². The molecule has 0 aliphatic carbocycles. The SMILES string of the molecule is CCN(CC)S(=O)(=O)c1ccc(NC(=O)C2c3ccccc3C(=O)N(CC(C)C)C2c2cccs2)cc1. The normalized spacial score (nSPS) is 17.8. The monoisotopic (exact) mass is 539 g/mol. The van der Waals surface area contributed by atoms with Crippen molar-refractivity contribution in [3.8, 4) is 0 Å². The number of hydrogen-bond donors (Lipinski definition) is 1. The quantitative estimate of drug-likeness (QED) is 0.397. The lowest BCUT2D eigenvalue weighted by Crippen LogP contribution is -2.47. The van der Waals surface area contributed by atoms with Gasteiger partial charge >= 0.3 is 0 Å². The van der Waals surface area contributed by atoms with Crippen LogP contribution in [0.25, 0.3) is 0 Å². The number of rotatable bonds is 9. The van der Waals surface area contributed by atoms with Gasteiger partial charge in [0, 0.05) is 35.8 Å². The fourth-order valence-corrected chi connectivity index (χ4v) is 7.22. The highest BCUT2D eigenvalue weighted by Gasteiger charge is 2.44. The Hall–Kier alpha value is -3.01. The van der Waals surface area contributed by atoms with Crippen molar-refractivity contribution in [1.82, 2.24) is 9.21 Å². The van der Waals surface area contributed by atoms with Crippen LogP contribution in [0.3, 0.4) is 0 Å². The molecule has 0 saturated heterocycles. The highest BCUT2D eigenvalue weighted by molar-refractivity contribution is 7.89. The van der Waals surface area contributed by atoms with Crippen molar-refractivity contribution in [3.05, 3.63) is 82.0 Å². The summed E-state index contributed by atoms with van der Waals surface area (Å²) in [5, 5.41) is 4.94. The molecule has 1 aliphatic heterocycles. The van der Waals surface area contributed by atoms with Crippen LogP contribution >= 0.6 is 11.3 Å². The first-order chi connectivity index (χ1) is 17.7. The molecule has 1 aromatic heterocycles. The Morgan fingerprint density at radius 2 is 1.70 bits per heavy atom. The molecule has 2 aromatic carbocycles. The fraction of sp³-hybridized carbons (Fsp3) is 0.357. The van der Waals surface area contributed by atoms with E-state index in [1.807, 2.05) is 40.6 Å². The van der Waals surface area contributed by atoms with Crippen molar-refractivity contribution >= 4 is 38.9 Å². The van der Waals surface area contributed by atoms with Crippen molar-refractivity contribution in [3.63, 3.8) is 0 Å². The summed E-state index contributed by atoms with van der Waals surface area (Å²) < 4.78 is 27.1. The summed E-state index contributed by atoms with van der Waals surface area (Å²) in [4.78, 5) is 30.4. The number of hydrogen-bond acceptors (Lipinski definition) is 5.